The molecule has 2 aromatic rings. The predicted molar refractivity (Wildman–Crippen MR) is 97.6 cm³/mol. The number of carbonyl (C=O) groups is 1. The standard InChI is InChI=1S/C19H27N5O2/c1-15(2)19-21-8-10-23(19)9-6-18(25)24-11-12-26-17(13-24)4-3-16-5-7-20-14-22-16/h5,7-8,10,14-15,17H,3-4,6,9,11-13H2,1-2H3/t17-/m1/s1. The monoisotopic (exact) mass is 357 g/mol. The van der Waals surface area contributed by atoms with Gasteiger partial charge in [0.1, 0.15) is 12.2 Å². The van der Waals surface area contributed by atoms with Crippen LogP contribution in [0.5, 0.6) is 0 Å². The van der Waals surface area contributed by atoms with Gasteiger partial charge in [0.25, 0.3) is 0 Å². The average molecular weight is 357 g/mol. The minimum atomic E-state index is 0.0714. The van der Waals surface area contributed by atoms with Gasteiger partial charge in [0, 0.05) is 56.3 Å². The van der Waals surface area contributed by atoms with E-state index in [9.17, 15) is 4.79 Å². The number of imidazole rings is 1. The van der Waals surface area contributed by atoms with Crippen molar-refractivity contribution in [2.45, 2.75) is 51.7 Å². The first-order valence-corrected chi connectivity index (χ1v) is 9.28. The van der Waals surface area contributed by atoms with Gasteiger partial charge >= 0.3 is 0 Å². The Morgan fingerprint density at radius 3 is 3.00 bits per heavy atom. The van der Waals surface area contributed by atoms with Gasteiger partial charge in [-0.05, 0) is 18.9 Å². The smallest absolute Gasteiger partial charge is 0.224 e. The summed E-state index contributed by atoms with van der Waals surface area (Å²) >= 11 is 0. The second-order valence-corrected chi connectivity index (χ2v) is 6.96. The highest BCUT2D eigenvalue weighted by molar-refractivity contribution is 5.76. The van der Waals surface area contributed by atoms with E-state index in [1.165, 1.54) is 0 Å². The zero-order valence-electron chi connectivity index (χ0n) is 15.5. The molecule has 0 aromatic carbocycles. The molecule has 0 spiro atoms. The van der Waals surface area contributed by atoms with E-state index in [-0.39, 0.29) is 12.0 Å². The van der Waals surface area contributed by atoms with Crippen molar-refractivity contribution >= 4 is 5.91 Å². The van der Waals surface area contributed by atoms with Crippen LogP contribution in [0.4, 0.5) is 0 Å². The Morgan fingerprint density at radius 1 is 1.35 bits per heavy atom. The van der Waals surface area contributed by atoms with Gasteiger partial charge in [0.05, 0.1) is 12.7 Å². The highest BCUT2D eigenvalue weighted by Crippen LogP contribution is 2.15. The van der Waals surface area contributed by atoms with Crippen molar-refractivity contribution in [2.24, 2.45) is 0 Å². The number of carbonyl (C=O) groups excluding carboxylic acids is 1. The maximum Gasteiger partial charge on any atom is 0.224 e. The molecule has 0 N–H and O–H groups in total. The summed E-state index contributed by atoms with van der Waals surface area (Å²) in [6.07, 6.45) is 9.33. The van der Waals surface area contributed by atoms with Crippen LogP contribution in [0.2, 0.25) is 0 Å². The van der Waals surface area contributed by atoms with Crippen LogP contribution in [0.15, 0.2) is 31.0 Å². The Labute approximate surface area is 154 Å². The lowest BCUT2D eigenvalue weighted by molar-refractivity contribution is -0.139. The van der Waals surface area contributed by atoms with Crippen LogP contribution in [0.3, 0.4) is 0 Å². The zero-order chi connectivity index (χ0) is 18.4. The first kappa shape index (κ1) is 18.5. The first-order valence-electron chi connectivity index (χ1n) is 9.28. The molecule has 0 saturated carbocycles. The Morgan fingerprint density at radius 2 is 2.23 bits per heavy atom. The van der Waals surface area contributed by atoms with E-state index < -0.39 is 0 Å². The summed E-state index contributed by atoms with van der Waals surface area (Å²) < 4.78 is 7.91. The third-order valence-corrected chi connectivity index (χ3v) is 4.69. The van der Waals surface area contributed by atoms with Crippen molar-refractivity contribution in [3.8, 4) is 0 Å². The maximum atomic E-state index is 12.6. The Bertz CT molecular complexity index is 701. The molecule has 0 radical (unpaired) electrons. The maximum absolute atomic E-state index is 12.6. The third kappa shape index (κ3) is 4.88. The fraction of sp³-hybridized carbons (Fsp3) is 0.579. The fourth-order valence-electron chi connectivity index (χ4n) is 3.28. The minimum absolute atomic E-state index is 0.0714. The molecule has 1 atom stereocenters. The van der Waals surface area contributed by atoms with Gasteiger partial charge in [-0.15, -0.1) is 0 Å². The number of aryl methyl sites for hydroxylation is 2. The summed E-state index contributed by atoms with van der Waals surface area (Å²) in [7, 11) is 0. The molecule has 26 heavy (non-hydrogen) atoms. The summed E-state index contributed by atoms with van der Waals surface area (Å²) in [5.41, 5.74) is 1.01. The van der Waals surface area contributed by atoms with Gasteiger partial charge in [-0.25, -0.2) is 15.0 Å². The number of aromatic nitrogens is 4. The molecular formula is C19H27N5O2. The highest BCUT2D eigenvalue weighted by atomic mass is 16.5. The molecule has 140 valence electrons. The number of ether oxygens (including phenoxy) is 1. The van der Waals surface area contributed by atoms with Crippen molar-refractivity contribution in [1.29, 1.82) is 0 Å². The van der Waals surface area contributed by atoms with Crippen molar-refractivity contribution in [2.75, 3.05) is 19.7 Å². The first-order chi connectivity index (χ1) is 12.6. The highest BCUT2D eigenvalue weighted by Gasteiger charge is 2.24. The van der Waals surface area contributed by atoms with Crippen molar-refractivity contribution in [1.82, 2.24) is 24.4 Å². The molecule has 3 heterocycles. The molecular weight excluding hydrogens is 330 g/mol. The average Bonchev–Trinajstić information content (AvgIpc) is 3.14. The zero-order valence-corrected chi connectivity index (χ0v) is 15.5. The fourth-order valence-corrected chi connectivity index (χ4v) is 3.28. The molecule has 1 amide bonds. The second kappa shape index (κ2) is 8.89. The van der Waals surface area contributed by atoms with Crippen LogP contribution in [0.1, 0.15) is 44.1 Å². The van der Waals surface area contributed by atoms with E-state index in [0.29, 0.717) is 38.6 Å². The van der Waals surface area contributed by atoms with Crippen molar-refractivity contribution in [3.05, 3.63) is 42.5 Å². The van der Waals surface area contributed by atoms with Gasteiger partial charge < -0.3 is 14.2 Å². The van der Waals surface area contributed by atoms with Crippen LogP contribution in [-0.2, 0) is 22.5 Å². The number of rotatable bonds is 7. The van der Waals surface area contributed by atoms with E-state index in [1.54, 1.807) is 18.7 Å². The number of hydrogen-bond donors (Lipinski definition) is 0. The molecule has 1 aliphatic rings. The Balaban J connectivity index is 1.47. The van der Waals surface area contributed by atoms with Crippen LogP contribution >= 0.6 is 0 Å². The molecule has 2 aromatic heterocycles. The predicted octanol–water partition coefficient (Wildman–Crippen LogP) is 2.05. The molecule has 7 nitrogen and oxygen atoms in total. The second-order valence-electron chi connectivity index (χ2n) is 6.96. The summed E-state index contributed by atoms with van der Waals surface area (Å²) in [4.78, 5) is 27.1. The van der Waals surface area contributed by atoms with Crippen LogP contribution in [0.25, 0.3) is 0 Å². The molecule has 1 aliphatic heterocycles. The van der Waals surface area contributed by atoms with Crippen LogP contribution < -0.4 is 0 Å². The van der Waals surface area contributed by atoms with E-state index in [4.69, 9.17) is 4.74 Å². The van der Waals surface area contributed by atoms with Gasteiger partial charge in [-0.3, -0.25) is 4.79 Å². The van der Waals surface area contributed by atoms with E-state index in [2.05, 4.69) is 33.4 Å². The lowest BCUT2D eigenvalue weighted by Crippen LogP contribution is -2.46. The molecule has 1 fully saturated rings. The van der Waals surface area contributed by atoms with E-state index >= 15 is 0 Å². The number of hydrogen-bond acceptors (Lipinski definition) is 5. The van der Waals surface area contributed by atoms with Crippen LogP contribution in [0, 0.1) is 0 Å². The summed E-state index contributed by atoms with van der Waals surface area (Å²) in [6.45, 7) is 6.84. The van der Waals surface area contributed by atoms with Gasteiger partial charge in [0.2, 0.25) is 5.91 Å². The van der Waals surface area contributed by atoms with Crippen molar-refractivity contribution in [3.63, 3.8) is 0 Å². The number of amides is 1. The lowest BCUT2D eigenvalue weighted by Gasteiger charge is -2.33. The Hall–Kier alpha value is -2.28. The van der Waals surface area contributed by atoms with Gasteiger partial charge in [0.15, 0.2) is 0 Å². The summed E-state index contributed by atoms with van der Waals surface area (Å²) in [5, 5.41) is 0. The summed E-state index contributed by atoms with van der Waals surface area (Å²) in [5.74, 6) is 1.57. The third-order valence-electron chi connectivity index (χ3n) is 4.69. The van der Waals surface area contributed by atoms with Gasteiger partial charge in [-0.2, -0.15) is 0 Å². The largest absolute Gasteiger partial charge is 0.375 e. The van der Waals surface area contributed by atoms with E-state index in [0.717, 1.165) is 24.4 Å². The molecule has 1 saturated heterocycles. The topological polar surface area (TPSA) is 73.1 Å². The molecule has 7 heteroatoms. The Kier molecular flexibility index (Phi) is 6.33. The molecule has 3 rings (SSSR count). The lowest BCUT2D eigenvalue weighted by atomic mass is 10.1. The molecule has 0 unspecified atom stereocenters. The normalized spacial score (nSPS) is 17.7. The van der Waals surface area contributed by atoms with Crippen LogP contribution in [-0.4, -0.2) is 56.1 Å². The quantitative estimate of drug-likeness (QED) is 0.758. The SMILES string of the molecule is CC(C)c1nccn1CCC(=O)N1CCO[C@H](CCc2ccncn2)C1. The van der Waals surface area contributed by atoms with E-state index in [1.807, 2.05) is 17.2 Å². The number of nitrogens with zero attached hydrogens (tertiary/aromatic N) is 5. The van der Waals surface area contributed by atoms with Crippen molar-refractivity contribution < 1.29 is 9.53 Å². The molecule has 0 bridgehead atoms. The van der Waals surface area contributed by atoms with Gasteiger partial charge in [-0.1, -0.05) is 13.8 Å². The number of morpholine rings is 1. The molecule has 0 aliphatic carbocycles. The minimum Gasteiger partial charge on any atom is -0.375 e. The summed E-state index contributed by atoms with van der Waals surface area (Å²) in [6, 6.07) is 1.92.